The summed E-state index contributed by atoms with van der Waals surface area (Å²) in [4.78, 5) is 38.5. The summed E-state index contributed by atoms with van der Waals surface area (Å²) in [5.41, 5.74) is 0. The Morgan fingerprint density at radius 1 is 0.253 bits per heavy atom. The fourth-order valence-electron chi connectivity index (χ4n) is 9.99. The summed E-state index contributed by atoms with van der Waals surface area (Å²) in [6, 6.07) is 0. The number of hydrogen-bond acceptors (Lipinski definition) is 6. The summed E-state index contributed by atoms with van der Waals surface area (Å²) in [5, 5.41) is 0. The number of hydrogen-bond donors (Lipinski definition) is 0. The lowest BCUT2D eigenvalue weighted by atomic mass is 10.0. The smallest absolute Gasteiger partial charge is 0.306 e. The highest BCUT2D eigenvalue weighted by Crippen LogP contribution is 2.17. The lowest BCUT2D eigenvalue weighted by Crippen LogP contribution is -2.30. The Bertz CT molecular complexity index is 1660. The normalized spacial score (nSPS) is 12.8. The van der Waals surface area contributed by atoms with E-state index in [1.807, 2.05) is 0 Å². The van der Waals surface area contributed by atoms with Crippen LogP contribution in [-0.4, -0.2) is 37.2 Å². The summed E-state index contributed by atoms with van der Waals surface area (Å²) >= 11 is 0. The second-order valence-corrected chi connectivity index (χ2v) is 23.4. The van der Waals surface area contributed by atoms with Gasteiger partial charge in [0.1, 0.15) is 13.2 Å². The maximum Gasteiger partial charge on any atom is 0.306 e. The molecule has 0 aromatic carbocycles. The fourth-order valence-corrected chi connectivity index (χ4v) is 9.99. The van der Waals surface area contributed by atoms with Crippen LogP contribution in [0, 0.1) is 0 Å². The average Bonchev–Trinajstić information content (AvgIpc) is 3.49. The van der Waals surface area contributed by atoms with Crippen LogP contribution in [0.15, 0.2) is 109 Å². The first-order valence-corrected chi connectivity index (χ1v) is 35.4. The molecular weight excluding hydrogens is 1020 g/mol. The molecule has 0 aliphatic rings. The lowest BCUT2D eigenvalue weighted by molar-refractivity contribution is -0.167. The van der Waals surface area contributed by atoms with Crippen LogP contribution in [0.25, 0.3) is 0 Å². The van der Waals surface area contributed by atoms with Gasteiger partial charge < -0.3 is 14.2 Å². The third-order valence-electron chi connectivity index (χ3n) is 15.3. The topological polar surface area (TPSA) is 78.9 Å². The lowest BCUT2D eigenvalue weighted by Gasteiger charge is -2.18. The predicted octanol–water partition coefficient (Wildman–Crippen LogP) is 24.6. The number of carbonyl (C=O) groups is 3. The zero-order chi connectivity index (χ0) is 59.9. The van der Waals surface area contributed by atoms with Gasteiger partial charge in [-0.15, -0.1) is 0 Å². The van der Waals surface area contributed by atoms with Gasteiger partial charge in [-0.25, -0.2) is 0 Å². The maximum atomic E-state index is 13.0. The molecule has 0 aromatic rings. The van der Waals surface area contributed by atoms with Gasteiger partial charge in [-0.3, -0.25) is 14.4 Å². The van der Waals surface area contributed by atoms with Crippen molar-refractivity contribution in [3.63, 3.8) is 0 Å². The van der Waals surface area contributed by atoms with Gasteiger partial charge in [-0.2, -0.15) is 0 Å². The zero-order valence-electron chi connectivity index (χ0n) is 54.7. The van der Waals surface area contributed by atoms with Gasteiger partial charge in [0.25, 0.3) is 0 Å². The molecule has 0 aliphatic carbocycles. The van der Waals surface area contributed by atoms with Gasteiger partial charge in [0.15, 0.2) is 6.10 Å². The summed E-state index contributed by atoms with van der Waals surface area (Å²) in [6.07, 6.45) is 96.8. The van der Waals surface area contributed by atoms with Crippen LogP contribution in [0.3, 0.4) is 0 Å². The van der Waals surface area contributed by atoms with E-state index in [-0.39, 0.29) is 31.1 Å². The van der Waals surface area contributed by atoms with E-state index < -0.39 is 6.10 Å². The van der Waals surface area contributed by atoms with Crippen molar-refractivity contribution in [1.82, 2.24) is 0 Å². The van der Waals surface area contributed by atoms with Crippen molar-refractivity contribution in [2.24, 2.45) is 0 Å². The first-order valence-electron chi connectivity index (χ1n) is 35.4. The van der Waals surface area contributed by atoms with E-state index in [1.165, 1.54) is 193 Å². The predicted molar refractivity (Wildman–Crippen MR) is 362 cm³/mol. The van der Waals surface area contributed by atoms with Crippen LogP contribution in [0.2, 0.25) is 0 Å². The van der Waals surface area contributed by atoms with Crippen molar-refractivity contribution in [3.8, 4) is 0 Å². The molecule has 1 atom stereocenters. The fraction of sp³-hybridized carbons (Fsp3) is 0.727. The van der Waals surface area contributed by atoms with Crippen LogP contribution in [0.1, 0.15) is 342 Å². The van der Waals surface area contributed by atoms with Gasteiger partial charge in [-0.05, 0) is 109 Å². The highest BCUT2D eigenvalue weighted by atomic mass is 16.6. The monoisotopic (exact) mass is 1150 g/mol. The Morgan fingerprint density at radius 2 is 0.470 bits per heavy atom. The number of unbranched alkanes of at least 4 members (excludes halogenated alkanes) is 35. The summed E-state index contributed by atoms with van der Waals surface area (Å²) in [5.74, 6) is -0.925. The molecule has 6 heteroatoms. The van der Waals surface area contributed by atoms with Gasteiger partial charge in [0, 0.05) is 19.3 Å². The molecule has 0 heterocycles. The molecule has 0 radical (unpaired) electrons. The van der Waals surface area contributed by atoms with Crippen LogP contribution in [-0.2, 0) is 28.6 Å². The van der Waals surface area contributed by atoms with Gasteiger partial charge in [0.05, 0.1) is 0 Å². The maximum absolute atomic E-state index is 13.0. The SMILES string of the molecule is CC/C=C\C/C=C\C/C=C\C/C=C\C/C=C\C/C=C\C/C=C\C/C=C\CCCCC(=O)OCC(COC(=O)CCCCCCCCC/C=C\CCCCCCCCC)OC(=O)CCCCCCCCCCCCCCCCCCCCCC. The number of allylic oxidation sites excluding steroid dienone is 18. The Hall–Kier alpha value is -3.93. The molecule has 0 N–H and O–H groups in total. The second kappa shape index (κ2) is 70.6. The molecular formula is C77H132O6. The molecule has 0 fully saturated rings. The molecule has 0 saturated carbocycles. The van der Waals surface area contributed by atoms with Crippen molar-refractivity contribution >= 4 is 17.9 Å². The Labute approximate surface area is 514 Å². The minimum atomic E-state index is -0.800. The molecule has 0 rings (SSSR count). The molecule has 0 aliphatic heterocycles. The quantitative estimate of drug-likeness (QED) is 0.0261. The van der Waals surface area contributed by atoms with Crippen molar-refractivity contribution in [3.05, 3.63) is 109 Å². The largest absolute Gasteiger partial charge is 0.462 e. The molecule has 0 aromatic heterocycles. The zero-order valence-corrected chi connectivity index (χ0v) is 54.7. The highest BCUT2D eigenvalue weighted by Gasteiger charge is 2.19. The van der Waals surface area contributed by atoms with Gasteiger partial charge in [-0.1, -0.05) is 323 Å². The number of rotatable bonds is 64. The van der Waals surface area contributed by atoms with Crippen LogP contribution < -0.4 is 0 Å². The minimum absolute atomic E-state index is 0.0920. The van der Waals surface area contributed by atoms with Gasteiger partial charge >= 0.3 is 17.9 Å². The Morgan fingerprint density at radius 3 is 0.771 bits per heavy atom. The number of ether oxygens (including phenoxy) is 3. The van der Waals surface area contributed by atoms with E-state index in [2.05, 4.69) is 130 Å². The van der Waals surface area contributed by atoms with Crippen LogP contribution in [0.4, 0.5) is 0 Å². The minimum Gasteiger partial charge on any atom is -0.462 e. The van der Waals surface area contributed by atoms with E-state index in [9.17, 15) is 14.4 Å². The summed E-state index contributed by atoms with van der Waals surface area (Å²) in [6.45, 7) is 6.53. The van der Waals surface area contributed by atoms with E-state index >= 15 is 0 Å². The summed E-state index contributed by atoms with van der Waals surface area (Å²) < 4.78 is 17.0. The molecule has 0 spiro atoms. The highest BCUT2D eigenvalue weighted by molar-refractivity contribution is 5.71. The first-order chi connectivity index (χ1) is 41.0. The standard InChI is InChI=1S/C77H132O6/c1-4-7-10-13-16-19-22-25-28-31-34-36-37-38-39-40-41-42-44-46-49-52-55-58-61-64-67-70-76(79)82-73-74(72-81-75(78)69-66-63-60-57-54-51-48-45-33-30-27-24-21-18-15-12-9-6-3)83-77(80)71-68-65-62-59-56-53-50-47-43-35-32-29-26-23-20-17-14-11-8-5-2/h7,10,16,19,25,28,30,33-34,36,38-39,41-42,46,49,55,58,74H,4-6,8-9,11-15,17-18,20-24,26-27,29,31-32,35,37,40,43-45,47-48,50-54,56-57,59-73H2,1-3H3/b10-7-,19-16-,28-25-,33-30-,36-34-,39-38-,42-41-,49-46-,58-55-. The molecule has 0 amide bonds. The van der Waals surface area contributed by atoms with E-state index in [1.54, 1.807) is 0 Å². The molecule has 83 heavy (non-hydrogen) atoms. The third kappa shape index (κ3) is 68.7. The molecule has 0 saturated heterocycles. The van der Waals surface area contributed by atoms with Crippen molar-refractivity contribution in [1.29, 1.82) is 0 Å². The average molecular weight is 1150 g/mol. The second-order valence-electron chi connectivity index (χ2n) is 23.4. The number of carbonyl (C=O) groups excluding carboxylic acids is 3. The molecule has 6 nitrogen and oxygen atoms in total. The molecule has 1 unspecified atom stereocenters. The Kier molecular flexibility index (Phi) is 67.2. The van der Waals surface area contributed by atoms with Gasteiger partial charge in [0.2, 0.25) is 0 Å². The summed E-state index contributed by atoms with van der Waals surface area (Å²) in [7, 11) is 0. The van der Waals surface area contributed by atoms with Crippen molar-refractivity contribution in [2.75, 3.05) is 13.2 Å². The van der Waals surface area contributed by atoms with E-state index in [0.29, 0.717) is 19.3 Å². The van der Waals surface area contributed by atoms with Crippen molar-refractivity contribution in [2.45, 2.75) is 348 Å². The first kappa shape index (κ1) is 79.1. The third-order valence-corrected chi connectivity index (χ3v) is 15.3. The molecule has 0 bridgehead atoms. The molecule has 476 valence electrons. The number of esters is 3. The van der Waals surface area contributed by atoms with Crippen LogP contribution >= 0.6 is 0 Å². The van der Waals surface area contributed by atoms with Crippen molar-refractivity contribution < 1.29 is 28.6 Å². The van der Waals surface area contributed by atoms with E-state index in [0.717, 1.165) is 109 Å². The van der Waals surface area contributed by atoms with E-state index in [4.69, 9.17) is 14.2 Å². The Balaban J connectivity index is 4.45. The van der Waals surface area contributed by atoms with Crippen LogP contribution in [0.5, 0.6) is 0 Å².